The van der Waals surface area contributed by atoms with Crippen molar-refractivity contribution in [2.45, 2.75) is 69.5 Å². The van der Waals surface area contributed by atoms with E-state index < -0.39 is 29.8 Å². The molecule has 2 fully saturated rings. The summed E-state index contributed by atoms with van der Waals surface area (Å²) in [7, 11) is 0. The zero-order valence-corrected chi connectivity index (χ0v) is 20.9. The first-order valence-corrected chi connectivity index (χ1v) is 12.3. The fourth-order valence-corrected chi connectivity index (χ4v) is 4.33. The highest BCUT2D eigenvalue weighted by Gasteiger charge is 2.53. The zero-order chi connectivity index (χ0) is 26.4. The number of rotatable bonds is 10. The second-order valence-electron chi connectivity index (χ2n) is 9.04. The maximum absolute atomic E-state index is 12.4. The molecule has 4 rings (SSSR count). The molecule has 4 atom stereocenters. The van der Waals surface area contributed by atoms with E-state index >= 15 is 0 Å². The summed E-state index contributed by atoms with van der Waals surface area (Å²) in [6.07, 6.45) is 1.39. The van der Waals surface area contributed by atoms with Gasteiger partial charge in [-0.3, -0.25) is 14.9 Å². The Morgan fingerprint density at radius 3 is 2.86 bits per heavy atom. The molecule has 0 aliphatic carbocycles. The number of anilines is 1. The summed E-state index contributed by atoms with van der Waals surface area (Å²) in [6.45, 7) is 4.24. The van der Waals surface area contributed by atoms with Gasteiger partial charge in [-0.05, 0) is 19.1 Å². The number of nitrogens with zero attached hydrogens (tertiary/aromatic N) is 4. The summed E-state index contributed by atoms with van der Waals surface area (Å²) in [4.78, 5) is 28.5. The van der Waals surface area contributed by atoms with E-state index in [2.05, 4.69) is 21.5 Å². The van der Waals surface area contributed by atoms with Crippen molar-refractivity contribution >= 4 is 23.3 Å². The standard InChI is InChI=1S/C24H32N6O7/c1-3-21(31)36-20-10-19(17-4-5-18-22(26)27-13-29-30(17)18)37-24(20,11-25)12-34-14-28-15(2)23(32)35-16-6-8-33-9-7-16/h4-5,13,15-16,19-20,28H,3,6-10,12,14H2,1-2H3,(H2,26,27,29)/t15-,19+,20-,24+/m0/s1. The maximum Gasteiger partial charge on any atom is 0.323 e. The first kappa shape index (κ1) is 26.7. The normalized spacial score (nSPS) is 25.0. The van der Waals surface area contributed by atoms with Crippen LogP contribution in [-0.4, -0.2) is 76.9 Å². The van der Waals surface area contributed by atoms with E-state index in [0.29, 0.717) is 43.1 Å². The largest absolute Gasteiger partial charge is 0.461 e. The van der Waals surface area contributed by atoms with Crippen LogP contribution in [0.1, 0.15) is 51.3 Å². The third-order valence-corrected chi connectivity index (χ3v) is 6.51. The highest BCUT2D eigenvalue weighted by Crippen LogP contribution is 2.42. The Kier molecular flexibility index (Phi) is 8.55. The summed E-state index contributed by atoms with van der Waals surface area (Å²) in [5.41, 5.74) is 5.61. The predicted molar refractivity (Wildman–Crippen MR) is 128 cm³/mol. The smallest absolute Gasteiger partial charge is 0.323 e. The molecule has 0 unspecified atom stereocenters. The minimum Gasteiger partial charge on any atom is -0.461 e. The molecule has 0 bridgehead atoms. The molecule has 2 saturated heterocycles. The molecule has 13 nitrogen and oxygen atoms in total. The fraction of sp³-hybridized carbons (Fsp3) is 0.625. The number of nitrogens with one attached hydrogen (secondary N) is 1. The molecule has 2 aliphatic heterocycles. The monoisotopic (exact) mass is 516 g/mol. The Labute approximate surface area is 214 Å². The van der Waals surface area contributed by atoms with Gasteiger partial charge in [0, 0.05) is 25.7 Å². The molecule has 0 aromatic carbocycles. The number of nitrogens with two attached hydrogens (primary N) is 1. The average Bonchev–Trinajstić information content (AvgIpc) is 3.49. The highest BCUT2D eigenvalue weighted by molar-refractivity contribution is 5.75. The minimum absolute atomic E-state index is 0.0479. The first-order valence-electron chi connectivity index (χ1n) is 12.3. The Hall–Kier alpha value is -3.31. The van der Waals surface area contributed by atoms with E-state index in [1.165, 1.54) is 6.33 Å². The molecule has 2 aliphatic rings. The first-order chi connectivity index (χ1) is 17.9. The molecule has 4 heterocycles. The highest BCUT2D eigenvalue weighted by atomic mass is 16.6. The summed E-state index contributed by atoms with van der Waals surface area (Å²) >= 11 is 0. The molecular weight excluding hydrogens is 484 g/mol. The van der Waals surface area contributed by atoms with Crippen LogP contribution in [0.4, 0.5) is 5.82 Å². The van der Waals surface area contributed by atoms with Gasteiger partial charge in [-0.15, -0.1) is 0 Å². The zero-order valence-electron chi connectivity index (χ0n) is 20.9. The molecule has 200 valence electrons. The van der Waals surface area contributed by atoms with Crippen molar-refractivity contribution in [2.24, 2.45) is 0 Å². The van der Waals surface area contributed by atoms with Gasteiger partial charge in [0.05, 0.1) is 32.2 Å². The molecule has 0 saturated carbocycles. The summed E-state index contributed by atoms with van der Waals surface area (Å²) in [6, 6.07) is 5.07. The molecule has 0 radical (unpaired) electrons. The van der Waals surface area contributed by atoms with Crippen molar-refractivity contribution < 1.29 is 33.3 Å². The van der Waals surface area contributed by atoms with Crippen LogP contribution >= 0.6 is 0 Å². The Bertz CT molecular complexity index is 1140. The number of nitrogen functional groups attached to an aromatic ring is 1. The van der Waals surface area contributed by atoms with Gasteiger partial charge in [0.1, 0.15) is 42.3 Å². The van der Waals surface area contributed by atoms with Gasteiger partial charge in [-0.25, -0.2) is 9.50 Å². The van der Waals surface area contributed by atoms with Crippen LogP contribution in [0.3, 0.4) is 0 Å². The van der Waals surface area contributed by atoms with E-state index in [9.17, 15) is 14.9 Å². The Morgan fingerprint density at radius 1 is 1.35 bits per heavy atom. The van der Waals surface area contributed by atoms with Crippen LogP contribution in [0.15, 0.2) is 18.5 Å². The molecule has 13 heteroatoms. The van der Waals surface area contributed by atoms with Crippen LogP contribution in [0.25, 0.3) is 5.52 Å². The van der Waals surface area contributed by atoms with Gasteiger partial charge in [0.15, 0.2) is 5.82 Å². The quantitative estimate of drug-likeness (QED) is 0.261. The SMILES string of the molecule is CCC(=O)O[C@H]1C[C@H](c2ccc3c(N)ncnn23)O[C@]1(C#N)COCN[C@@H](C)C(=O)OC1CCOCC1. The predicted octanol–water partition coefficient (Wildman–Crippen LogP) is 1.03. The van der Waals surface area contributed by atoms with Gasteiger partial charge in [-0.1, -0.05) is 6.92 Å². The number of carbonyl (C=O) groups is 2. The van der Waals surface area contributed by atoms with Crippen molar-refractivity contribution in [3.63, 3.8) is 0 Å². The number of fused-ring (bicyclic) bond motifs is 1. The van der Waals surface area contributed by atoms with Gasteiger partial charge in [0.2, 0.25) is 5.60 Å². The van der Waals surface area contributed by atoms with Crippen LogP contribution in [0, 0.1) is 11.3 Å². The van der Waals surface area contributed by atoms with E-state index in [4.69, 9.17) is 29.4 Å². The van der Waals surface area contributed by atoms with E-state index in [-0.39, 0.29) is 38.3 Å². The Balaban J connectivity index is 1.39. The van der Waals surface area contributed by atoms with Crippen LogP contribution in [0.5, 0.6) is 0 Å². The number of carbonyl (C=O) groups excluding carboxylic acids is 2. The molecule has 3 N–H and O–H groups in total. The van der Waals surface area contributed by atoms with Crippen molar-refractivity contribution in [3.05, 3.63) is 24.2 Å². The Morgan fingerprint density at radius 2 is 2.14 bits per heavy atom. The number of aromatic nitrogens is 3. The third kappa shape index (κ3) is 5.99. The topological polar surface area (TPSA) is 172 Å². The second-order valence-corrected chi connectivity index (χ2v) is 9.04. The van der Waals surface area contributed by atoms with Crippen molar-refractivity contribution in [3.8, 4) is 6.07 Å². The molecular formula is C24H32N6O7. The summed E-state index contributed by atoms with van der Waals surface area (Å²) in [5.74, 6) is -0.541. The van der Waals surface area contributed by atoms with E-state index in [1.54, 1.807) is 30.5 Å². The molecule has 2 aromatic rings. The van der Waals surface area contributed by atoms with Crippen LogP contribution < -0.4 is 11.1 Å². The molecule has 37 heavy (non-hydrogen) atoms. The lowest BCUT2D eigenvalue weighted by molar-refractivity contribution is -0.161. The fourth-order valence-electron chi connectivity index (χ4n) is 4.33. The van der Waals surface area contributed by atoms with Gasteiger partial charge in [0.25, 0.3) is 0 Å². The van der Waals surface area contributed by atoms with Crippen molar-refractivity contribution in [1.29, 1.82) is 5.26 Å². The summed E-state index contributed by atoms with van der Waals surface area (Å²) in [5, 5.41) is 17.3. The maximum atomic E-state index is 12.4. The van der Waals surface area contributed by atoms with E-state index in [1.807, 2.05) is 0 Å². The van der Waals surface area contributed by atoms with Crippen molar-refractivity contribution in [2.75, 3.05) is 32.3 Å². The third-order valence-electron chi connectivity index (χ3n) is 6.51. The average molecular weight is 517 g/mol. The van der Waals surface area contributed by atoms with Gasteiger partial charge >= 0.3 is 11.9 Å². The molecule has 0 spiro atoms. The minimum atomic E-state index is -1.56. The number of hydrogen-bond acceptors (Lipinski definition) is 12. The molecule has 2 aromatic heterocycles. The van der Waals surface area contributed by atoms with Crippen LogP contribution in [-0.2, 0) is 33.3 Å². The van der Waals surface area contributed by atoms with Gasteiger partial charge in [-0.2, -0.15) is 10.4 Å². The van der Waals surface area contributed by atoms with Crippen molar-refractivity contribution in [1.82, 2.24) is 19.9 Å². The van der Waals surface area contributed by atoms with Crippen LogP contribution in [0.2, 0.25) is 0 Å². The number of esters is 2. The number of hydrogen-bond donors (Lipinski definition) is 2. The van der Waals surface area contributed by atoms with E-state index in [0.717, 1.165) is 0 Å². The lowest BCUT2D eigenvalue weighted by atomic mass is 9.98. The lowest BCUT2D eigenvalue weighted by Crippen LogP contribution is -2.46. The number of ether oxygens (including phenoxy) is 5. The number of nitriles is 1. The van der Waals surface area contributed by atoms with Gasteiger partial charge < -0.3 is 29.4 Å². The second kappa shape index (κ2) is 11.8. The lowest BCUT2D eigenvalue weighted by Gasteiger charge is -2.27. The molecule has 0 amide bonds. The summed E-state index contributed by atoms with van der Waals surface area (Å²) < 4.78 is 29.9.